The van der Waals surface area contributed by atoms with Crippen molar-refractivity contribution in [3.8, 4) is 0 Å². The van der Waals surface area contributed by atoms with Crippen molar-refractivity contribution in [2.24, 2.45) is 0 Å². The number of aromatic amines is 1. The Morgan fingerprint density at radius 1 is 1.29 bits per heavy atom. The van der Waals surface area contributed by atoms with Crippen LogP contribution in [0, 0.1) is 11.6 Å². The van der Waals surface area contributed by atoms with Crippen molar-refractivity contribution in [3.05, 3.63) is 29.6 Å². The number of benzene rings is 1. The second-order valence-electron chi connectivity index (χ2n) is 3.99. The third kappa shape index (κ3) is 2.02. The first-order valence-electron chi connectivity index (χ1n) is 5.40. The molecule has 0 amide bonds. The van der Waals surface area contributed by atoms with Gasteiger partial charge in [-0.1, -0.05) is 0 Å². The molecule has 1 saturated heterocycles. The molecular formula is C11H11F2N3S. The minimum atomic E-state index is -0.860. The van der Waals surface area contributed by atoms with Gasteiger partial charge in [-0.3, -0.25) is 0 Å². The zero-order valence-electron chi connectivity index (χ0n) is 8.96. The smallest absolute Gasteiger partial charge is 0.161 e. The van der Waals surface area contributed by atoms with Gasteiger partial charge in [0, 0.05) is 30.2 Å². The highest BCUT2D eigenvalue weighted by atomic mass is 32.2. The molecule has 0 saturated carbocycles. The van der Waals surface area contributed by atoms with Gasteiger partial charge in [0.2, 0.25) is 0 Å². The van der Waals surface area contributed by atoms with Gasteiger partial charge in [0.25, 0.3) is 0 Å². The fourth-order valence-corrected chi connectivity index (χ4v) is 2.87. The number of fused-ring (bicyclic) bond motifs is 1. The van der Waals surface area contributed by atoms with E-state index in [0.29, 0.717) is 11.0 Å². The monoisotopic (exact) mass is 255 g/mol. The number of thioether (sulfide) groups is 1. The highest BCUT2D eigenvalue weighted by molar-refractivity contribution is 7.99. The average Bonchev–Trinajstić information content (AvgIpc) is 2.74. The van der Waals surface area contributed by atoms with Gasteiger partial charge in [0.15, 0.2) is 11.6 Å². The summed E-state index contributed by atoms with van der Waals surface area (Å²) in [5.41, 5.74) is 1.01. The first-order chi connectivity index (χ1) is 8.24. The fourth-order valence-electron chi connectivity index (χ4n) is 1.93. The summed E-state index contributed by atoms with van der Waals surface area (Å²) < 4.78 is 26.1. The summed E-state index contributed by atoms with van der Waals surface area (Å²) in [6.45, 7) is 0.926. The molecule has 2 N–H and O–H groups in total. The van der Waals surface area contributed by atoms with Crippen molar-refractivity contribution in [3.63, 3.8) is 0 Å². The molecule has 1 aliphatic rings. The van der Waals surface area contributed by atoms with Crippen LogP contribution in [0.2, 0.25) is 0 Å². The maximum atomic E-state index is 13.1. The lowest BCUT2D eigenvalue weighted by atomic mass is 10.3. The van der Waals surface area contributed by atoms with Gasteiger partial charge in [-0.2, -0.15) is 11.8 Å². The predicted octanol–water partition coefficient (Wildman–Crippen LogP) is 2.22. The molecule has 0 aliphatic carbocycles. The van der Waals surface area contributed by atoms with E-state index in [-0.39, 0.29) is 6.04 Å². The summed E-state index contributed by atoms with van der Waals surface area (Å²) in [6, 6.07) is 2.41. The van der Waals surface area contributed by atoms with E-state index >= 15 is 0 Å². The topological polar surface area (TPSA) is 40.7 Å². The van der Waals surface area contributed by atoms with Crippen molar-refractivity contribution in [2.45, 2.75) is 6.04 Å². The van der Waals surface area contributed by atoms with E-state index < -0.39 is 11.6 Å². The Bertz CT molecular complexity index is 510. The molecule has 1 unspecified atom stereocenters. The van der Waals surface area contributed by atoms with Gasteiger partial charge in [-0.05, 0) is 0 Å². The van der Waals surface area contributed by atoms with Crippen molar-refractivity contribution in [2.75, 3.05) is 18.1 Å². The Kier molecular flexibility index (Phi) is 2.76. The Morgan fingerprint density at radius 3 is 2.88 bits per heavy atom. The minimum Gasteiger partial charge on any atom is -0.341 e. The van der Waals surface area contributed by atoms with Gasteiger partial charge in [0.05, 0.1) is 17.1 Å². The van der Waals surface area contributed by atoms with Gasteiger partial charge < -0.3 is 10.3 Å². The molecule has 90 valence electrons. The van der Waals surface area contributed by atoms with Crippen molar-refractivity contribution in [1.82, 2.24) is 15.3 Å². The van der Waals surface area contributed by atoms with Crippen LogP contribution in [0.1, 0.15) is 11.9 Å². The number of hydrogen-bond acceptors (Lipinski definition) is 3. The second-order valence-corrected chi connectivity index (χ2v) is 5.14. The second kappa shape index (κ2) is 4.27. The van der Waals surface area contributed by atoms with Crippen LogP contribution in [0.15, 0.2) is 12.1 Å². The lowest BCUT2D eigenvalue weighted by molar-refractivity contribution is 0.510. The van der Waals surface area contributed by atoms with E-state index in [1.54, 1.807) is 0 Å². The van der Waals surface area contributed by atoms with Crippen LogP contribution in [-0.4, -0.2) is 28.0 Å². The minimum absolute atomic E-state index is 0.132. The highest BCUT2D eigenvalue weighted by Gasteiger charge is 2.19. The van der Waals surface area contributed by atoms with E-state index in [4.69, 9.17) is 0 Å². The zero-order valence-corrected chi connectivity index (χ0v) is 9.78. The molecule has 1 fully saturated rings. The van der Waals surface area contributed by atoms with E-state index in [9.17, 15) is 8.78 Å². The van der Waals surface area contributed by atoms with Gasteiger partial charge in [0.1, 0.15) is 5.82 Å². The average molecular weight is 255 g/mol. The molecule has 17 heavy (non-hydrogen) atoms. The van der Waals surface area contributed by atoms with Crippen molar-refractivity contribution < 1.29 is 8.78 Å². The number of aromatic nitrogens is 2. The first-order valence-corrected chi connectivity index (χ1v) is 6.55. The Balaban J connectivity index is 2.00. The highest BCUT2D eigenvalue weighted by Crippen LogP contribution is 2.23. The van der Waals surface area contributed by atoms with Crippen LogP contribution < -0.4 is 5.32 Å². The van der Waals surface area contributed by atoms with Crippen LogP contribution in [0.5, 0.6) is 0 Å². The summed E-state index contributed by atoms with van der Waals surface area (Å²) in [5, 5.41) is 3.32. The summed E-state index contributed by atoms with van der Waals surface area (Å²) >= 11 is 1.84. The number of rotatable bonds is 1. The molecule has 3 nitrogen and oxygen atoms in total. The fraction of sp³-hybridized carbons (Fsp3) is 0.364. The van der Waals surface area contributed by atoms with Gasteiger partial charge in [-0.15, -0.1) is 0 Å². The Hall–Kier alpha value is -1.14. The first kappa shape index (κ1) is 11.0. The number of halogens is 2. The third-order valence-electron chi connectivity index (χ3n) is 2.79. The van der Waals surface area contributed by atoms with Crippen LogP contribution in [0.4, 0.5) is 8.78 Å². The molecule has 0 bridgehead atoms. The standard InChI is InChI=1S/C11H11F2N3S/c12-6-3-8-9(4-7(6)13)16-11(15-8)10-5-17-2-1-14-10/h3-4,10,14H,1-2,5H2,(H,15,16). The molecular weight excluding hydrogens is 244 g/mol. The molecule has 0 spiro atoms. The predicted molar refractivity (Wildman–Crippen MR) is 64.1 cm³/mol. The molecule has 0 radical (unpaired) electrons. The largest absolute Gasteiger partial charge is 0.341 e. The lowest BCUT2D eigenvalue weighted by Crippen LogP contribution is -2.30. The van der Waals surface area contributed by atoms with E-state index in [0.717, 1.165) is 36.0 Å². The summed E-state index contributed by atoms with van der Waals surface area (Å²) in [7, 11) is 0. The van der Waals surface area contributed by atoms with Crippen LogP contribution in [0.25, 0.3) is 11.0 Å². The maximum Gasteiger partial charge on any atom is 0.161 e. The third-order valence-corrected chi connectivity index (χ3v) is 3.86. The van der Waals surface area contributed by atoms with Crippen LogP contribution >= 0.6 is 11.8 Å². The number of imidazole rings is 1. The van der Waals surface area contributed by atoms with Crippen LogP contribution in [0.3, 0.4) is 0 Å². The SMILES string of the molecule is Fc1cc2nc(C3CSCCN3)[nH]c2cc1F. The maximum absolute atomic E-state index is 13.1. The summed E-state index contributed by atoms with van der Waals surface area (Å²) in [4.78, 5) is 7.34. The number of hydrogen-bond donors (Lipinski definition) is 2. The quantitative estimate of drug-likeness (QED) is 0.821. The van der Waals surface area contributed by atoms with E-state index in [1.165, 1.54) is 0 Å². The van der Waals surface area contributed by atoms with Gasteiger partial charge >= 0.3 is 0 Å². The number of nitrogens with one attached hydrogen (secondary N) is 2. The molecule has 2 aromatic rings. The molecule has 6 heteroatoms. The summed E-state index contributed by atoms with van der Waals surface area (Å²) in [5.74, 6) is 1.04. The zero-order chi connectivity index (χ0) is 11.8. The Morgan fingerprint density at radius 2 is 2.12 bits per heavy atom. The van der Waals surface area contributed by atoms with E-state index in [1.807, 2.05) is 11.8 Å². The molecule has 1 aromatic carbocycles. The van der Waals surface area contributed by atoms with Crippen molar-refractivity contribution in [1.29, 1.82) is 0 Å². The summed E-state index contributed by atoms with van der Waals surface area (Å²) in [6.07, 6.45) is 0. The molecule has 1 atom stereocenters. The number of nitrogens with zero attached hydrogens (tertiary/aromatic N) is 1. The van der Waals surface area contributed by atoms with Crippen LogP contribution in [-0.2, 0) is 0 Å². The molecule has 3 rings (SSSR count). The molecule has 1 aromatic heterocycles. The normalized spacial score (nSPS) is 20.9. The molecule has 2 heterocycles. The number of H-pyrrole nitrogens is 1. The van der Waals surface area contributed by atoms with Gasteiger partial charge in [-0.25, -0.2) is 13.8 Å². The van der Waals surface area contributed by atoms with Crippen molar-refractivity contribution >= 4 is 22.8 Å². The lowest BCUT2D eigenvalue weighted by Gasteiger charge is -2.20. The Labute approximate surface area is 101 Å². The van der Waals surface area contributed by atoms with E-state index in [2.05, 4.69) is 15.3 Å². The molecule has 1 aliphatic heterocycles.